The third-order valence-electron chi connectivity index (χ3n) is 2.76. The first-order valence-electron chi connectivity index (χ1n) is 6.50. The quantitative estimate of drug-likeness (QED) is 0.481. The summed E-state index contributed by atoms with van der Waals surface area (Å²) in [5.74, 6) is -0.436. The molecule has 6 heteroatoms. The van der Waals surface area contributed by atoms with E-state index in [2.05, 4.69) is 5.32 Å². The minimum Gasteiger partial charge on any atom is -0.503 e. The Morgan fingerprint density at radius 1 is 1.57 bits per heavy atom. The summed E-state index contributed by atoms with van der Waals surface area (Å²) in [6, 6.07) is 4.80. The highest BCUT2D eigenvalue weighted by molar-refractivity contribution is 6.32. The molecule has 0 aliphatic carbocycles. The summed E-state index contributed by atoms with van der Waals surface area (Å²) >= 11 is 5.86. The van der Waals surface area contributed by atoms with Crippen molar-refractivity contribution < 1.29 is 14.6 Å². The van der Waals surface area contributed by atoms with Crippen molar-refractivity contribution in [3.63, 3.8) is 0 Å². The fourth-order valence-electron chi connectivity index (χ4n) is 1.62. The Labute approximate surface area is 128 Å². The average Bonchev–Trinajstić information content (AvgIpc) is 2.48. The van der Waals surface area contributed by atoms with Gasteiger partial charge in [0.2, 0.25) is 0 Å². The van der Waals surface area contributed by atoms with Gasteiger partial charge in [-0.1, -0.05) is 24.9 Å². The van der Waals surface area contributed by atoms with Gasteiger partial charge in [-0.3, -0.25) is 4.79 Å². The third-order valence-corrected chi connectivity index (χ3v) is 3.05. The van der Waals surface area contributed by atoms with Crippen LogP contribution in [0.25, 0.3) is 6.08 Å². The number of ether oxygens (including phenoxy) is 1. The number of hydrogen-bond donors (Lipinski definition) is 2. The molecule has 0 unspecified atom stereocenters. The number of nitrogens with one attached hydrogen (secondary N) is 1. The number of nitrogens with zero attached hydrogens (tertiary/aromatic N) is 1. The van der Waals surface area contributed by atoms with E-state index >= 15 is 0 Å². The van der Waals surface area contributed by atoms with Crippen molar-refractivity contribution in [3.8, 4) is 17.6 Å². The van der Waals surface area contributed by atoms with Gasteiger partial charge in [-0.25, -0.2) is 0 Å². The normalized spacial score (nSPS) is 10.9. The minimum absolute atomic E-state index is 0.0325. The number of rotatable bonds is 6. The summed E-state index contributed by atoms with van der Waals surface area (Å²) in [5, 5.41) is 21.5. The average molecular weight is 309 g/mol. The lowest BCUT2D eigenvalue weighted by Gasteiger charge is -2.07. The first-order valence-corrected chi connectivity index (χ1v) is 6.87. The van der Waals surface area contributed by atoms with E-state index in [1.165, 1.54) is 25.3 Å². The molecule has 112 valence electrons. The Morgan fingerprint density at radius 2 is 2.29 bits per heavy atom. The van der Waals surface area contributed by atoms with Crippen LogP contribution in [0.15, 0.2) is 17.7 Å². The van der Waals surface area contributed by atoms with Gasteiger partial charge in [-0.05, 0) is 30.2 Å². The number of aromatic hydroxyl groups is 1. The number of phenols is 1. The molecule has 0 radical (unpaired) electrons. The third kappa shape index (κ3) is 4.69. The van der Waals surface area contributed by atoms with Gasteiger partial charge in [0.05, 0.1) is 12.1 Å². The van der Waals surface area contributed by atoms with Crippen LogP contribution in [-0.4, -0.2) is 24.7 Å². The molecule has 1 aromatic carbocycles. The summed E-state index contributed by atoms with van der Waals surface area (Å²) in [7, 11) is 1.39. The number of carbonyl (C=O) groups excluding carboxylic acids is 1. The molecule has 0 atom stereocenters. The lowest BCUT2D eigenvalue weighted by molar-refractivity contribution is -0.117. The Bertz CT molecular complexity index is 591. The number of unbranched alkanes of at least 4 members (excludes halogenated alkanes) is 1. The predicted molar refractivity (Wildman–Crippen MR) is 81.2 cm³/mol. The second kappa shape index (κ2) is 8.18. The van der Waals surface area contributed by atoms with Gasteiger partial charge in [0.25, 0.3) is 5.91 Å². The van der Waals surface area contributed by atoms with Crippen LogP contribution in [0, 0.1) is 11.3 Å². The van der Waals surface area contributed by atoms with Crippen LogP contribution < -0.4 is 10.1 Å². The lowest BCUT2D eigenvalue weighted by Crippen LogP contribution is -2.25. The maximum atomic E-state index is 11.8. The topological polar surface area (TPSA) is 82.4 Å². The maximum absolute atomic E-state index is 11.8. The molecule has 0 bridgehead atoms. The van der Waals surface area contributed by atoms with E-state index < -0.39 is 5.91 Å². The molecule has 2 N–H and O–H groups in total. The number of halogens is 1. The van der Waals surface area contributed by atoms with Gasteiger partial charge in [0, 0.05) is 6.54 Å². The van der Waals surface area contributed by atoms with Gasteiger partial charge in [-0.15, -0.1) is 0 Å². The van der Waals surface area contributed by atoms with Crippen LogP contribution in [0.2, 0.25) is 5.02 Å². The zero-order valence-corrected chi connectivity index (χ0v) is 12.7. The monoisotopic (exact) mass is 308 g/mol. The molecule has 0 spiro atoms. The van der Waals surface area contributed by atoms with Gasteiger partial charge in [0.1, 0.15) is 11.6 Å². The number of methoxy groups -OCH3 is 1. The molecule has 0 aromatic heterocycles. The molecule has 0 aliphatic heterocycles. The van der Waals surface area contributed by atoms with E-state index in [1.807, 2.05) is 13.0 Å². The molecule has 5 nitrogen and oxygen atoms in total. The molecule has 0 fully saturated rings. The Morgan fingerprint density at radius 3 is 2.86 bits per heavy atom. The first-order chi connectivity index (χ1) is 10.0. The van der Waals surface area contributed by atoms with Crippen molar-refractivity contribution >= 4 is 23.6 Å². The van der Waals surface area contributed by atoms with E-state index in [-0.39, 0.29) is 22.1 Å². The second-order valence-electron chi connectivity index (χ2n) is 4.33. The zero-order chi connectivity index (χ0) is 15.8. The Kier molecular flexibility index (Phi) is 6.57. The fourth-order valence-corrected chi connectivity index (χ4v) is 1.84. The lowest BCUT2D eigenvalue weighted by atomic mass is 10.1. The van der Waals surface area contributed by atoms with Crippen LogP contribution in [0.4, 0.5) is 0 Å². The van der Waals surface area contributed by atoms with Crippen LogP contribution in [0.3, 0.4) is 0 Å². The summed E-state index contributed by atoms with van der Waals surface area (Å²) in [4.78, 5) is 11.8. The van der Waals surface area contributed by atoms with Gasteiger partial charge < -0.3 is 15.2 Å². The summed E-state index contributed by atoms with van der Waals surface area (Å²) in [6.07, 6.45) is 3.20. The minimum atomic E-state index is -0.436. The summed E-state index contributed by atoms with van der Waals surface area (Å²) in [5.41, 5.74) is 0.465. The number of amides is 1. The largest absolute Gasteiger partial charge is 0.503 e. The molecular weight excluding hydrogens is 292 g/mol. The number of benzene rings is 1. The van der Waals surface area contributed by atoms with Crippen LogP contribution in [-0.2, 0) is 4.79 Å². The van der Waals surface area contributed by atoms with Gasteiger partial charge in [0.15, 0.2) is 11.5 Å². The van der Waals surface area contributed by atoms with Crippen molar-refractivity contribution in [2.45, 2.75) is 19.8 Å². The maximum Gasteiger partial charge on any atom is 0.261 e. The number of hydrogen-bond acceptors (Lipinski definition) is 4. The van der Waals surface area contributed by atoms with E-state index in [4.69, 9.17) is 21.6 Å². The van der Waals surface area contributed by atoms with Crippen molar-refractivity contribution in [3.05, 3.63) is 28.3 Å². The van der Waals surface area contributed by atoms with Crippen molar-refractivity contribution in [1.29, 1.82) is 5.26 Å². The van der Waals surface area contributed by atoms with Gasteiger partial charge >= 0.3 is 0 Å². The predicted octanol–water partition coefficient (Wildman–Crippen LogP) is 2.88. The van der Waals surface area contributed by atoms with Crippen molar-refractivity contribution in [2.24, 2.45) is 0 Å². The van der Waals surface area contributed by atoms with E-state index in [0.717, 1.165) is 12.8 Å². The van der Waals surface area contributed by atoms with Crippen LogP contribution >= 0.6 is 11.6 Å². The first kappa shape index (κ1) is 16.9. The molecule has 1 aromatic rings. The molecule has 0 saturated carbocycles. The fraction of sp³-hybridized carbons (Fsp3) is 0.333. The molecule has 1 amide bonds. The van der Waals surface area contributed by atoms with Crippen molar-refractivity contribution in [2.75, 3.05) is 13.7 Å². The molecule has 21 heavy (non-hydrogen) atoms. The van der Waals surface area contributed by atoms with E-state index in [0.29, 0.717) is 12.1 Å². The van der Waals surface area contributed by atoms with Crippen LogP contribution in [0.5, 0.6) is 11.5 Å². The summed E-state index contributed by atoms with van der Waals surface area (Å²) < 4.78 is 4.97. The van der Waals surface area contributed by atoms with E-state index in [9.17, 15) is 9.90 Å². The SMILES string of the molecule is CCCCNC(=O)/C(C#N)=C\c1cc(Cl)c(O)c(OC)c1. The Balaban J connectivity index is 3.01. The highest BCUT2D eigenvalue weighted by Gasteiger charge is 2.11. The number of carbonyl (C=O) groups is 1. The molecule has 0 aliphatic rings. The highest BCUT2D eigenvalue weighted by Crippen LogP contribution is 2.35. The Hall–Kier alpha value is -2.19. The van der Waals surface area contributed by atoms with Crippen LogP contribution in [0.1, 0.15) is 25.3 Å². The van der Waals surface area contributed by atoms with E-state index in [1.54, 1.807) is 0 Å². The van der Waals surface area contributed by atoms with Crippen molar-refractivity contribution in [1.82, 2.24) is 5.32 Å². The zero-order valence-electron chi connectivity index (χ0n) is 11.9. The number of nitriles is 1. The highest BCUT2D eigenvalue weighted by atomic mass is 35.5. The molecule has 0 saturated heterocycles. The standard InChI is InChI=1S/C15H17ClN2O3/c1-3-4-5-18-15(20)11(9-17)6-10-7-12(16)14(19)13(8-10)21-2/h6-8,19H,3-5H2,1-2H3,(H,18,20)/b11-6-. The second-order valence-corrected chi connectivity index (χ2v) is 4.74. The van der Waals surface area contributed by atoms with Gasteiger partial charge in [-0.2, -0.15) is 5.26 Å². The smallest absolute Gasteiger partial charge is 0.261 e. The molecule has 0 heterocycles. The molecule has 1 rings (SSSR count). The summed E-state index contributed by atoms with van der Waals surface area (Å²) in [6.45, 7) is 2.53. The number of phenolic OH excluding ortho intramolecular Hbond substituents is 1. The molecular formula is C15H17ClN2O3.